The summed E-state index contributed by atoms with van der Waals surface area (Å²) < 4.78 is 0. The Bertz CT molecular complexity index is 571. The first-order chi connectivity index (χ1) is 11.5. The average Bonchev–Trinajstić information content (AvgIpc) is 3.08. The minimum absolute atomic E-state index is 0.124. The number of carbonyl (C=O) groups excluding carboxylic acids is 2. The first-order valence-electron chi connectivity index (χ1n) is 8.16. The van der Waals surface area contributed by atoms with Gasteiger partial charge in [-0.15, -0.1) is 0 Å². The van der Waals surface area contributed by atoms with Gasteiger partial charge in [-0.3, -0.25) is 9.59 Å². The average molecular weight is 334 g/mol. The van der Waals surface area contributed by atoms with E-state index in [2.05, 4.69) is 46.4 Å². The van der Waals surface area contributed by atoms with E-state index in [9.17, 15) is 9.59 Å². The smallest absolute Gasteiger partial charge is 0.224 e. The molecule has 6 N–H and O–H groups in total. The fourth-order valence-corrected chi connectivity index (χ4v) is 2.48. The molecule has 1 fully saturated rings. The van der Waals surface area contributed by atoms with E-state index >= 15 is 0 Å². The second-order valence-corrected chi connectivity index (χ2v) is 6.16. The summed E-state index contributed by atoms with van der Waals surface area (Å²) in [6, 6.07) is 7.59. The van der Waals surface area contributed by atoms with Crippen LogP contribution in [0.2, 0.25) is 0 Å². The second-order valence-electron chi connectivity index (χ2n) is 6.16. The third-order valence-electron chi connectivity index (χ3n) is 3.84. The largest absolute Gasteiger partial charge is 0.351 e. The summed E-state index contributed by atoms with van der Waals surface area (Å²) >= 11 is 0. The van der Waals surface area contributed by atoms with Gasteiger partial charge in [0, 0.05) is 18.5 Å². The van der Waals surface area contributed by atoms with Crippen molar-refractivity contribution in [3.63, 3.8) is 0 Å². The van der Waals surface area contributed by atoms with Gasteiger partial charge in [0.1, 0.15) is 6.17 Å². The van der Waals surface area contributed by atoms with Gasteiger partial charge in [-0.1, -0.05) is 32.0 Å². The van der Waals surface area contributed by atoms with Crippen molar-refractivity contribution in [3.8, 4) is 0 Å². The molecular formula is C16H26N6O2. The lowest BCUT2D eigenvalue weighted by Gasteiger charge is -2.19. The highest BCUT2D eigenvalue weighted by Gasteiger charge is 2.21. The molecule has 0 aliphatic carbocycles. The molecule has 0 saturated carbocycles. The van der Waals surface area contributed by atoms with Crippen LogP contribution in [-0.2, 0) is 9.59 Å². The number of hydrazine groups is 3. The molecule has 2 amide bonds. The summed E-state index contributed by atoms with van der Waals surface area (Å²) in [5, 5.41) is 5.74. The van der Waals surface area contributed by atoms with E-state index in [0.717, 1.165) is 11.3 Å². The molecule has 1 aliphatic heterocycles. The lowest BCUT2D eigenvalue weighted by Crippen LogP contribution is -2.51. The third-order valence-corrected chi connectivity index (χ3v) is 3.84. The van der Waals surface area contributed by atoms with Gasteiger partial charge in [0.25, 0.3) is 0 Å². The molecule has 1 aromatic rings. The van der Waals surface area contributed by atoms with Crippen molar-refractivity contribution in [1.29, 1.82) is 0 Å². The standard InChI is InChI=1S/C16H26N6O2/c1-10(2)12-6-4-5-7-13(12)18-15(24)9-8-14(23)17-11(3)16-19-21-22-20-16/h4-7,10-11,16,19-22H,8-9H2,1-3H3,(H,17,23)(H,18,24). The normalized spacial score (nSPS) is 16.2. The zero-order valence-corrected chi connectivity index (χ0v) is 14.3. The summed E-state index contributed by atoms with van der Waals surface area (Å²) in [4.78, 5) is 24.1. The first-order valence-corrected chi connectivity index (χ1v) is 8.16. The zero-order valence-electron chi connectivity index (χ0n) is 14.3. The molecule has 1 aliphatic rings. The van der Waals surface area contributed by atoms with Gasteiger partial charge < -0.3 is 10.6 Å². The molecule has 1 heterocycles. The van der Waals surface area contributed by atoms with Crippen LogP contribution in [-0.4, -0.2) is 24.0 Å². The molecule has 1 aromatic carbocycles. The van der Waals surface area contributed by atoms with Crippen LogP contribution in [0.15, 0.2) is 24.3 Å². The fraction of sp³-hybridized carbons (Fsp3) is 0.500. The third kappa shape index (κ3) is 5.27. The quantitative estimate of drug-likeness (QED) is 0.433. The van der Waals surface area contributed by atoms with Crippen LogP contribution in [0.25, 0.3) is 0 Å². The molecule has 0 aromatic heterocycles. The van der Waals surface area contributed by atoms with Crippen molar-refractivity contribution in [2.45, 2.75) is 51.7 Å². The highest BCUT2D eigenvalue weighted by molar-refractivity contribution is 5.93. The number of hydrogen-bond donors (Lipinski definition) is 6. The fourth-order valence-electron chi connectivity index (χ4n) is 2.48. The maximum Gasteiger partial charge on any atom is 0.224 e. The predicted octanol–water partition coefficient (Wildman–Crippen LogP) is 0.477. The second kappa shape index (κ2) is 8.74. The molecule has 1 saturated heterocycles. The number of anilines is 1. The van der Waals surface area contributed by atoms with Gasteiger partial charge in [-0.2, -0.15) is 11.1 Å². The number of rotatable bonds is 7. The molecule has 132 valence electrons. The molecule has 1 atom stereocenters. The van der Waals surface area contributed by atoms with Crippen LogP contribution >= 0.6 is 0 Å². The van der Waals surface area contributed by atoms with E-state index in [1.54, 1.807) is 0 Å². The molecule has 8 nitrogen and oxygen atoms in total. The summed E-state index contributed by atoms with van der Waals surface area (Å²) in [6.45, 7) is 6.03. The molecule has 0 bridgehead atoms. The van der Waals surface area contributed by atoms with Crippen LogP contribution < -0.4 is 32.6 Å². The van der Waals surface area contributed by atoms with E-state index in [4.69, 9.17) is 0 Å². The van der Waals surface area contributed by atoms with Crippen molar-refractivity contribution >= 4 is 17.5 Å². The molecule has 8 heteroatoms. The predicted molar refractivity (Wildman–Crippen MR) is 92.3 cm³/mol. The Kier molecular flexibility index (Phi) is 6.68. The highest BCUT2D eigenvalue weighted by Crippen LogP contribution is 2.23. The highest BCUT2D eigenvalue weighted by atomic mass is 16.2. The maximum absolute atomic E-state index is 12.1. The van der Waals surface area contributed by atoms with E-state index in [1.807, 2.05) is 31.2 Å². The Morgan fingerprint density at radius 1 is 1.04 bits per heavy atom. The van der Waals surface area contributed by atoms with Gasteiger partial charge in [0.05, 0.1) is 6.04 Å². The van der Waals surface area contributed by atoms with Crippen molar-refractivity contribution in [3.05, 3.63) is 29.8 Å². The SMILES string of the molecule is CC(C)c1ccccc1NC(=O)CCC(=O)NC(C)C1NNNN1. The molecular weight excluding hydrogens is 308 g/mol. The van der Waals surface area contributed by atoms with Crippen molar-refractivity contribution < 1.29 is 9.59 Å². The number of nitrogens with one attached hydrogen (secondary N) is 6. The topological polar surface area (TPSA) is 106 Å². The zero-order chi connectivity index (χ0) is 17.5. The van der Waals surface area contributed by atoms with E-state index < -0.39 is 0 Å². The van der Waals surface area contributed by atoms with Gasteiger partial charge in [-0.25, -0.2) is 10.9 Å². The number of hydrogen-bond acceptors (Lipinski definition) is 6. The van der Waals surface area contributed by atoms with Crippen LogP contribution in [0, 0.1) is 0 Å². The number of carbonyl (C=O) groups is 2. The minimum Gasteiger partial charge on any atom is -0.351 e. The summed E-state index contributed by atoms with van der Waals surface area (Å²) in [6.07, 6.45) is 0.168. The van der Waals surface area contributed by atoms with Gasteiger partial charge in [-0.05, 0) is 24.5 Å². The van der Waals surface area contributed by atoms with E-state index in [-0.39, 0.29) is 36.9 Å². The maximum atomic E-state index is 12.1. The Morgan fingerprint density at radius 3 is 2.33 bits per heavy atom. The molecule has 1 unspecified atom stereocenters. The number of para-hydroxylation sites is 1. The Balaban J connectivity index is 1.77. The molecule has 0 radical (unpaired) electrons. The minimum atomic E-state index is -0.162. The van der Waals surface area contributed by atoms with Crippen LogP contribution in [0.5, 0.6) is 0 Å². The van der Waals surface area contributed by atoms with E-state index in [1.165, 1.54) is 0 Å². The molecule has 2 rings (SSSR count). The summed E-state index contributed by atoms with van der Waals surface area (Å²) in [5.74, 6) is -0.00377. The van der Waals surface area contributed by atoms with Crippen molar-refractivity contribution in [1.82, 2.24) is 27.2 Å². The van der Waals surface area contributed by atoms with Gasteiger partial charge in [0.15, 0.2) is 0 Å². The lowest BCUT2D eigenvalue weighted by molar-refractivity contribution is -0.125. The van der Waals surface area contributed by atoms with Crippen molar-refractivity contribution in [2.24, 2.45) is 0 Å². The summed E-state index contributed by atoms with van der Waals surface area (Å²) in [5.41, 5.74) is 13.1. The monoisotopic (exact) mass is 334 g/mol. The first kappa shape index (κ1) is 18.3. The number of benzene rings is 1. The van der Waals surface area contributed by atoms with Gasteiger partial charge >= 0.3 is 0 Å². The Hall–Kier alpha value is -2.00. The Labute approximate surface area is 142 Å². The Morgan fingerprint density at radius 2 is 1.67 bits per heavy atom. The molecule has 0 spiro atoms. The van der Waals surface area contributed by atoms with Crippen LogP contribution in [0.3, 0.4) is 0 Å². The summed E-state index contributed by atoms with van der Waals surface area (Å²) in [7, 11) is 0. The lowest BCUT2D eigenvalue weighted by atomic mass is 10.0. The van der Waals surface area contributed by atoms with Crippen molar-refractivity contribution in [2.75, 3.05) is 5.32 Å². The number of amides is 2. The van der Waals surface area contributed by atoms with Gasteiger partial charge in [0.2, 0.25) is 11.8 Å². The van der Waals surface area contributed by atoms with Crippen LogP contribution in [0.4, 0.5) is 5.69 Å². The van der Waals surface area contributed by atoms with E-state index in [0.29, 0.717) is 5.92 Å². The van der Waals surface area contributed by atoms with Crippen LogP contribution in [0.1, 0.15) is 45.1 Å². The molecule has 24 heavy (non-hydrogen) atoms.